The number of hydrogen-bond acceptors (Lipinski definition) is 5. The summed E-state index contributed by atoms with van der Waals surface area (Å²) in [6, 6.07) is 20.3. The van der Waals surface area contributed by atoms with E-state index in [1.807, 2.05) is 30.3 Å². The highest BCUT2D eigenvalue weighted by molar-refractivity contribution is 7.90. The molecule has 0 radical (unpaired) electrons. The van der Waals surface area contributed by atoms with Gasteiger partial charge in [-0.3, -0.25) is 9.59 Å². The van der Waals surface area contributed by atoms with Crippen molar-refractivity contribution in [1.82, 2.24) is 14.5 Å². The van der Waals surface area contributed by atoms with Gasteiger partial charge in [-0.2, -0.15) is 12.7 Å². The molecule has 0 saturated carbocycles. The lowest BCUT2D eigenvalue weighted by atomic mass is 10.0. The smallest absolute Gasteiger partial charge is 0.304 e. The lowest BCUT2D eigenvalue weighted by Crippen LogP contribution is -2.54. The van der Waals surface area contributed by atoms with Gasteiger partial charge in [-0.1, -0.05) is 42.5 Å². The number of carbonyl (C=O) groups is 2. The highest BCUT2D eigenvalue weighted by Crippen LogP contribution is 2.23. The van der Waals surface area contributed by atoms with Crippen molar-refractivity contribution >= 4 is 27.7 Å². The number of halogens is 1. The quantitative estimate of drug-likeness (QED) is 0.340. The molecule has 3 rings (SSSR count). The van der Waals surface area contributed by atoms with E-state index in [4.69, 9.17) is 4.74 Å². The van der Waals surface area contributed by atoms with Crippen LogP contribution in [-0.2, 0) is 32.8 Å². The third-order valence-electron chi connectivity index (χ3n) is 6.24. The average molecular weight is 571 g/mol. The van der Waals surface area contributed by atoms with Crippen molar-refractivity contribution in [1.29, 1.82) is 0 Å². The van der Waals surface area contributed by atoms with Gasteiger partial charge < -0.3 is 15.0 Å². The first-order valence-electron chi connectivity index (χ1n) is 12.8. The maximum atomic E-state index is 14.1. The van der Waals surface area contributed by atoms with Crippen molar-refractivity contribution in [3.05, 3.63) is 95.8 Å². The van der Waals surface area contributed by atoms with E-state index in [-0.39, 0.29) is 24.6 Å². The first-order valence-corrected chi connectivity index (χ1v) is 14.2. The highest BCUT2D eigenvalue weighted by Gasteiger charge is 2.34. The molecule has 0 fully saturated rings. The molecule has 11 heteroatoms. The second-order valence-corrected chi connectivity index (χ2v) is 11.3. The Morgan fingerprint density at radius 1 is 0.950 bits per heavy atom. The minimum Gasteiger partial charge on any atom is -0.497 e. The number of amides is 2. The number of carbonyl (C=O) groups excluding carboxylic acids is 2. The van der Waals surface area contributed by atoms with Gasteiger partial charge in [0.05, 0.1) is 12.8 Å². The molecule has 9 nitrogen and oxygen atoms in total. The zero-order valence-electron chi connectivity index (χ0n) is 23.1. The predicted octanol–water partition coefficient (Wildman–Crippen LogP) is 3.22. The fourth-order valence-electron chi connectivity index (χ4n) is 4.14. The molecule has 0 aliphatic carbocycles. The number of rotatable bonds is 13. The van der Waals surface area contributed by atoms with Crippen LogP contribution >= 0.6 is 0 Å². The number of hydrogen-bond donors (Lipinski definition) is 1. The van der Waals surface area contributed by atoms with Crippen LogP contribution in [0.25, 0.3) is 0 Å². The standard InChI is InChI=1S/C29H35FN4O5S/c1-5-31-29(36)27(19-22-10-7-6-8-11-22)33(20-23-12-9-13-26(18-23)39-4)28(35)21-34(40(37,38)32(2)3)25-16-14-24(30)15-17-25/h6-18,27H,5,19-21H2,1-4H3,(H,31,36)/t27-/m1/s1. The van der Waals surface area contributed by atoms with Gasteiger partial charge in [0, 0.05) is 33.6 Å². The Balaban J connectivity index is 2.08. The van der Waals surface area contributed by atoms with Gasteiger partial charge in [-0.15, -0.1) is 0 Å². The molecule has 0 aromatic heterocycles. The number of nitrogens with one attached hydrogen (secondary N) is 1. The molecule has 1 N–H and O–H groups in total. The largest absolute Gasteiger partial charge is 0.497 e. The molecule has 1 atom stereocenters. The van der Waals surface area contributed by atoms with Crippen molar-refractivity contribution in [3.63, 3.8) is 0 Å². The SMILES string of the molecule is CCNC(=O)[C@@H](Cc1ccccc1)N(Cc1cccc(OC)c1)C(=O)CN(c1ccc(F)cc1)S(=O)(=O)N(C)C. The van der Waals surface area contributed by atoms with Crippen molar-refractivity contribution in [2.45, 2.75) is 25.9 Å². The Labute approximate surface area is 235 Å². The maximum absolute atomic E-state index is 14.1. The Kier molecular flexibility index (Phi) is 10.6. The van der Waals surface area contributed by atoms with Crippen LogP contribution in [0.5, 0.6) is 5.75 Å². The fourth-order valence-corrected chi connectivity index (χ4v) is 5.19. The summed E-state index contributed by atoms with van der Waals surface area (Å²) in [5.74, 6) is -0.946. The van der Waals surface area contributed by atoms with E-state index in [1.54, 1.807) is 31.2 Å². The Morgan fingerprint density at radius 2 is 1.60 bits per heavy atom. The molecule has 40 heavy (non-hydrogen) atoms. The van der Waals surface area contributed by atoms with Gasteiger partial charge in [0.25, 0.3) is 0 Å². The van der Waals surface area contributed by atoms with Crippen LogP contribution in [-0.4, -0.2) is 69.8 Å². The van der Waals surface area contributed by atoms with Crippen LogP contribution in [0.1, 0.15) is 18.1 Å². The van der Waals surface area contributed by atoms with Crippen LogP contribution < -0.4 is 14.4 Å². The zero-order valence-corrected chi connectivity index (χ0v) is 23.9. The van der Waals surface area contributed by atoms with Crippen LogP contribution in [0, 0.1) is 5.82 Å². The summed E-state index contributed by atoms with van der Waals surface area (Å²) in [5.41, 5.74) is 1.64. The molecular weight excluding hydrogens is 535 g/mol. The summed E-state index contributed by atoms with van der Waals surface area (Å²) in [6.07, 6.45) is 0.208. The second kappa shape index (κ2) is 13.9. The molecule has 0 spiro atoms. The van der Waals surface area contributed by atoms with E-state index in [1.165, 1.54) is 38.2 Å². The number of ether oxygens (including phenoxy) is 1. The number of likely N-dealkylation sites (N-methyl/N-ethyl adjacent to an activating group) is 1. The molecule has 0 saturated heterocycles. The third kappa shape index (κ3) is 7.80. The van der Waals surface area contributed by atoms with E-state index < -0.39 is 34.5 Å². The number of methoxy groups -OCH3 is 1. The molecule has 214 valence electrons. The highest BCUT2D eigenvalue weighted by atomic mass is 32.2. The minimum absolute atomic E-state index is 0.0178. The lowest BCUT2D eigenvalue weighted by molar-refractivity contribution is -0.140. The van der Waals surface area contributed by atoms with E-state index in [0.29, 0.717) is 17.9 Å². The summed E-state index contributed by atoms with van der Waals surface area (Å²) < 4.78 is 47.5. The van der Waals surface area contributed by atoms with Gasteiger partial charge >= 0.3 is 10.2 Å². The molecule has 0 bridgehead atoms. The van der Waals surface area contributed by atoms with Crippen molar-refractivity contribution < 1.29 is 27.1 Å². The second-order valence-electron chi connectivity index (χ2n) is 9.25. The normalized spacial score (nSPS) is 12.1. The summed E-state index contributed by atoms with van der Waals surface area (Å²) >= 11 is 0. The van der Waals surface area contributed by atoms with E-state index in [9.17, 15) is 22.4 Å². The molecule has 0 aliphatic rings. The molecule has 0 heterocycles. The lowest BCUT2D eigenvalue weighted by Gasteiger charge is -2.34. The monoisotopic (exact) mass is 570 g/mol. The van der Waals surface area contributed by atoms with Crippen molar-refractivity contribution in [2.75, 3.05) is 38.6 Å². The van der Waals surface area contributed by atoms with Gasteiger partial charge in [0.15, 0.2) is 0 Å². The first kappa shape index (κ1) is 30.6. The predicted molar refractivity (Wildman–Crippen MR) is 153 cm³/mol. The summed E-state index contributed by atoms with van der Waals surface area (Å²) in [7, 11) is 0.0625. The van der Waals surface area contributed by atoms with Gasteiger partial charge in [-0.25, -0.2) is 8.70 Å². The number of nitrogens with zero attached hydrogens (tertiary/aromatic N) is 3. The summed E-state index contributed by atoms with van der Waals surface area (Å²) in [6.45, 7) is 1.54. The average Bonchev–Trinajstić information content (AvgIpc) is 2.94. The number of anilines is 1. The summed E-state index contributed by atoms with van der Waals surface area (Å²) in [4.78, 5) is 28.9. The van der Waals surface area contributed by atoms with E-state index in [0.717, 1.165) is 26.3 Å². The Morgan fingerprint density at radius 3 is 2.20 bits per heavy atom. The number of benzene rings is 3. The Bertz CT molecular complexity index is 1390. The molecule has 3 aromatic carbocycles. The minimum atomic E-state index is -4.16. The van der Waals surface area contributed by atoms with Crippen LogP contribution in [0.2, 0.25) is 0 Å². The molecule has 3 aromatic rings. The first-order chi connectivity index (χ1) is 19.1. The topological polar surface area (TPSA) is 99.3 Å². The van der Waals surface area contributed by atoms with Crippen LogP contribution in [0.15, 0.2) is 78.9 Å². The van der Waals surface area contributed by atoms with E-state index >= 15 is 0 Å². The molecule has 2 amide bonds. The van der Waals surface area contributed by atoms with Crippen LogP contribution in [0.4, 0.5) is 10.1 Å². The van der Waals surface area contributed by atoms with Crippen LogP contribution in [0.3, 0.4) is 0 Å². The van der Waals surface area contributed by atoms with Crippen molar-refractivity contribution in [3.8, 4) is 5.75 Å². The molecule has 0 aliphatic heterocycles. The van der Waals surface area contributed by atoms with Gasteiger partial charge in [-0.05, 0) is 54.4 Å². The van der Waals surface area contributed by atoms with Gasteiger partial charge in [0.1, 0.15) is 24.2 Å². The summed E-state index contributed by atoms with van der Waals surface area (Å²) in [5, 5.41) is 2.81. The van der Waals surface area contributed by atoms with Crippen molar-refractivity contribution in [2.24, 2.45) is 0 Å². The molecule has 0 unspecified atom stereocenters. The molecular formula is C29H35FN4O5S. The van der Waals surface area contributed by atoms with E-state index in [2.05, 4.69) is 5.32 Å². The third-order valence-corrected chi connectivity index (χ3v) is 8.06. The Hall–Kier alpha value is -3.96. The fraction of sp³-hybridized carbons (Fsp3) is 0.310. The van der Waals surface area contributed by atoms with Gasteiger partial charge in [0.2, 0.25) is 11.8 Å². The zero-order chi connectivity index (χ0) is 29.3. The maximum Gasteiger partial charge on any atom is 0.304 e.